The van der Waals surface area contributed by atoms with Crippen molar-refractivity contribution in [2.24, 2.45) is 0 Å². The van der Waals surface area contributed by atoms with Crippen LogP contribution in [0, 0.1) is 0 Å². The molecule has 0 amide bonds. The molecule has 0 spiro atoms. The second-order valence-electron chi connectivity index (χ2n) is 4.05. The number of aromatic nitrogens is 3. The number of hydrogen-bond donors (Lipinski definition) is 2. The summed E-state index contributed by atoms with van der Waals surface area (Å²) in [6.45, 7) is 0.490. The molecule has 0 saturated carbocycles. The Morgan fingerprint density at radius 3 is 2.90 bits per heavy atom. The van der Waals surface area contributed by atoms with Crippen LogP contribution in [-0.2, 0) is 6.54 Å². The number of fused-ring (bicyclic) bond motifs is 1. The van der Waals surface area contributed by atoms with Crippen LogP contribution in [0.1, 0.15) is 16.3 Å². The third-order valence-electron chi connectivity index (χ3n) is 2.71. The number of carboxylic acid groups (broad SMARTS) is 1. The van der Waals surface area contributed by atoms with Crippen molar-refractivity contribution >= 4 is 34.0 Å². The van der Waals surface area contributed by atoms with Gasteiger partial charge in [0.1, 0.15) is 5.82 Å². The van der Waals surface area contributed by atoms with Crippen molar-refractivity contribution in [3.8, 4) is 0 Å². The molecule has 20 heavy (non-hydrogen) atoms. The first-order chi connectivity index (χ1) is 9.74. The standard InChI is InChI=1S/C13H10N4O2S/c18-13(19)12-16-10-4-2-1-3-9(10)11(17-12)14-5-8-6-20-7-15-8/h1-4,6-7H,5H2,(H,18,19)(H,14,16,17). The van der Waals surface area contributed by atoms with Gasteiger partial charge in [-0.05, 0) is 12.1 Å². The fraction of sp³-hybridized carbons (Fsp3) is 0.0769. The van der Waals surface area contributed by atoms with E-state index in [1.165, 1.54) is 11.3 Å². The Kier molecular flexibility index (Phi) is 3.26. The van der Waals surface area contributed by atoms with Gasteiger partial charge in [-0.2, -0.15) is 0 Å². The summed E-state index contributed by atoms with van der Waals surface area (Å²) in [5.41, 5.74) is 3.23. The Labute approximate surface area is 118 Å². The number of hydrogen-bond acceptors (Lipinski definition) is 6. The van der Waals surface area contributed by atoms with Crippen molar-refractivity contribution in [2.75, 3.05) is 5.32 Å². The van der Waals surface area contributed by atoms with Crippen molar-refractivity contribution in [1.29, 1.82) is 0 Å². The molecule has 2 N–H and O–H groups in total. The maximum atomic E-state index is 11.1. The average molecular weight is 286 g/mol. The van der Waals surface area contributed by atoms with Crippen LogP contribution in [0.5, 0.6) is 0 Å². The lowest BCUT2D eigenvalue weighted by Gasteiger charge is -2.08. The second-order valence-corrected chi connectivity index (χ2v) is 4.77. The topological polar surface area (TPSA) is 88.0 Å². The lowest BCUT2D eigenvalue weighted by Crippen LogP contribution is -2.09. The number of nitrogens with one attached hydrogen (secondary N) is 1. The molecule has 0 aliphatic heterocycles. The molecule has 2 heterocycles. The normalized spacial score (nSPS) is 10.6. The van der Waals surface area contributed by atoms with Crippen molar-refractivity contribution < 1.29 is 9.90 Å². The second kappa shape index (κ2) is 5.22. The quantitative estimate of drug-likeness (QED) is 0.765. The Bertz CT molecular complexity index is 758. The monoisotopic (exact) mass is 286 g/mol. The minimum atomic E-state index is -1.15. The SMILES string of the molecule is O=C(O)c1nc(NCc2cscn2)c2ccccc2n1. The molecule has 3 aromatic rings. The molecule has 3 rings (SSSR count). The van der Waals surface area contributed by atoms with Gasteiger partial charge in [0.05, 0.1) is 23.3 Å². The number of anilines is 1. The number of carboxylic acids is 1. The Morgan fingerprint density at radius 2 is 2.15 bits per heavy atom. The van der Waals surface area contributed by atoms with Gasteiger partial charge in [0.25, 0.3) is 0 Å². The van der Waals surface area contributed by atoms with Gasteiger partial charge >= 0.3 is 5.97 Å². The van der Waals surface area contributed by atoms with Gasteiger partial charge in [-0.3, -0.25) is 0 Å². The van der Waals surface area contributed by atoms with E-state index < -0.39 is 5.97 Å². The highest BCUT2D eigenvalue weighted by Gasteiger charge is 2.12. The van der Waals surface area contributed by atoms with E-state index in [2.05, 4.69) is 20.3 Å². The molecule has 0 atom stereocenters. The van der Waals surface area contributed by atoms with Gasteiger partial charge in [-0.15, -0.1) is 11.3 Å². The summed E-state index contributed by atoms with van der Waals surface area (Å²) in [6, 6.07) is 7.28. The van der Waals surface area contributed by atoms with Gasteiger partial charge in [-0.25, -0.2) is 19.7 Å². The van der Waals surface area contributed by atoms with Gasteiger partial charge < -0.3 is 10.4 Å². The predicted molar refractivity (Wildman–Crippen MR) is 75.9 cm³/mol. The highest BCUT2D eigenvalue weighted by atomic mass is 32.1. The fourth-order valence-electron chi connectivity index (χ4n) is 1.81. The summed E-state index contributed by atoms with van der Waals surface area (Å²) in [7, 11) is 0. The summed E-state index contributed by atoms with van der Waals surface area (Å²) in [4.78, 5) is 23.3. The van der Waals surface area contributed by atoms with E-state index in [9.17, 15) is 4.79 Å². The number of aromatic carboxylic acids is 1. The molecule has 0 unspecified atom stereocenters. The first kappa shape index (κ1) is 12.5. The summed E-state index contributed by atoms with van der Waals surface area (Å²) in [6.07, 6.45) is 0. The molecular formula is C13H10N4O2S. The summed E-state index contributed by atoms with van der Waals surface area (Å²) >= 11 is 1.51. The van der Waals surface area contributed by atoms with Crippen LogP contribution in [0.4, 0.5) is 5.82 Å². The molecule has 0 aliphatic carbocycles. The molecule has 6 nitrogen and oxygen atoms in total. The van der Waals surface area contributed by atoms with Crippen LogP contribution >= 0.6 is 11.3 Å². The average Bonchev–Trinajstić information content (AvgIpc) is 2.97. The molecule has 0 aliphatic rings. The first-order valence-electron chi connectivity index (χ1n) is 5.85. The van der Waals surface area contributed by atoms with Crippen LogP contribution in [0.3, 0.4) is 0 Å². The van der Waals surface area contributed by atoms with E-state index in [1.54, 1.807) is 11.6 Å². The zero-order valence-corrected chi connectivity index (χ0v) is 11.1. The van der Waals surface area contributed by atoms with Crippen LogP contribution < -0.4 is 5.32 Å². The fourth-order valence-corrected chi connectivity index (χ4v) is 2.36. The van der Waals surface area contributed by atoms with Gasteiger partial charge in [0.2, 0.25) is 5.82 Å². The van der Waals surface area contributed by atoms with E-state index >= 15 is 0 Å². The van der Waals surface area contributed by atoms with Gasteiger partial charge in [0.15, 0.2) is 0 Å². The Morgan fingerprint density at radius 1 is 1.30 bits per heavy atom. The minimum Gasteiger partial charge on any atom is -0.475 e. The summed E-state index contributed by atoms with van der Waals surface area (Å²) < 4.78 is 0. The third-order valence-corrected chi connectivity index (χ3v) is 3.35. The molecule has 1 aromatic carbocycles. The summed E-state index contributed by atoms with van der Waals surface area (Å²) in [5, 5.41) is 14.9. The molecule has 100 valence electrons. The molecule has 0 fully saturated rings. The van der Waals surface area contributed by atoms with Crippen molar-refractivity contribution in [3.63, 3.8) is 0 Å². The zero-order valence-electron chi connectivity index (χ0n) is 10.3. The maximum absolute atomic E-state index is 11.1. The molecule has 2 aromatic heterocycles. The van der Waals surface area contributed by atoms with E-state index in [1.807, 2.05) is 23.6 Å². The van der Waals surface area contributed by atoms with E-state index in [0.717, 1.165) is 11.1 Å². The number of rotatable bonds is 4. The molecule has 0 radical (unpaired) electrons. The molecule has 0 bridgehead atoms. The van der Waals surface area contributed by atoms with E-state index in [0.29, 0.717) is 17.9 Å². The number of carbonyl (C=O) groups is 1. The van der Waals surface area contributed by atoms with Crippen molar-refractivity contribution in [1.82, 2.24) is 15.0 Å². The largest absolute Gasteiger partial charge is 0.475 e. The highest BCUT2D eigenvalue weighted by molar-refractivity contribution is 7.07. The van der Waals surface area contributed by atoms with Crippen molar-refractivity contribution in [2.45, 2.75) is 6.54 Å². The number of para-hydroxylation sites is 1. The van der Waals surface area contributed by atoms with E-state index in [4.69, 9.17) is 5.11 Å². The Hall–Kier alpha value is -2.54. The number of benzene rings is 1. The molecule has 0 saturated heterocycles. The summed E-state index contributed by atoms with van der Waals surface area (Å²) in [5.74, 6) is -0.863. The number of thiazole rings is 1. The maximum Gasteiger partial charge on any atom is 0.374 e. The third kappa shape index (κ3) is 2.43. The highest BCUT2D eigenvalue weighted by Crippen LogP contribution is 2.20. The van der Waals surface area contributed by atoms with Gasteiger partial charge in [-0.1, -0.05) is 12.1 Å². The lowest BCUT2D eigenvalue weighted by atomic mass is 10.2. The zero-order chi connectivity index (χ0) is 13.9. The van der Waals surface area contributed by atoms with Gasteiger partial charge in [0, 0.05) is 10.8 Å². The Balaban J connectivity index is 2.00. The van der Waals surface area contributed by atoms with Crippen LogP contribution in [0.25, 0.3) is 10.9 Å². The van der Waals surface area contributed by atoms with E-state index in [-0.39, 0.29) is 5.82 Å². The van der Waals surface area contributed by atoms with Crippen molar-refractivity contribution in [3.05, 3.63) is 46.7 Å². The number of nitrogens with zero attached hydrogens (tertiary/aromatic N) is 3. The predicted octanol–water partition coefficient (Wildman–Crippen LogP) is 2.40. The van der Waals surface area contributed by atoms with Crippen LogP contribution in [-0.4, -0.2) is 26.0 Å². The molecular weight excluding hydrogens is 276 g/mol. The molecule has 7 heteroatoms. The van der Waals surface area contributed by atoms with Crippen LogP contribution in [0.2, 0.25) is 0 Å². The first-order valence-corrected chi connectivity index (χ1v) is 6.79. The van der Waals surface area contributed by atoms with Crippen LogP contribution in [0.15, 0.2) is 35.2 Å². The smallest absolute Gasteiger partial charge is 0.374 e. The lowest BCUT2D eigenvalue weighted by molar-refractivity contribution is 0.0684. The minimum absolute atomic E-state index is 0.218.